The van der Waals surface area contributed by atoms with Crippen LogP contribution in [0.1, 0.15) is 47.5 Å². The van der Waals surface area contributed by atoms with Gasteiger partial charge in [0.15, 0.2) is 0 Å². The smallest absolute Gasteiger partial charge is 0.426 e. The maximum absolute atomic E-state index is 12.5. The van der Waals surface area contributed by atoms with Crippen LogP contribution in [-0.4, -0.2) is 18.8 Å². The van der Waals surface area contributed by atoms with Crippen molar-refractivity contribution in [2.24, 2.45) is 17.3 Å². The molecule has 0 bridgehead atoms. The van der Waals surface area contributed by atoms with Gasteiger partial charge in [0.2, 0.25) is 0 Å². The zero-order valence-electron chi connectivity index (χ0n) is 15.3. The molecule has 0 saturated heterocycles. The topological polar surface area (TPSA) is 26.3 Å². The van der Waals surface area contributed by atoms with Crippen molar-refractivity contribution >= 4 is 17.6 Å². The fraction of sp³-hybridized carbons (Fsp3) is 0.632. The van der Waals surface area contributed by atoms with Crippen LogP contribution in [0.2, 0.25) is 0 Å². The van der Waals surface area contributed by atoms with E-state index in [1.54, 1.807) is 13.8 Å². The summed E-state index contributed by atoms with van der Waals surface area (Å²) in [4.78, 5) is 12.1. The van der Waals surface area contributed by atoms with E-state index in [9.17, 15) is 18.0 Å². The zero-order chi connectivity index (χ0) is 19.4. The van der Waals surface area contributed by atoms with Gasteiger partial charge in [0, 0.05) is 0 Å². The second-order valence-corrected chi connectivity index (χ2v) is 7.75. The fourth-order valence-electron chi connectivity index (χ4n) is 2.74. The predicted octanol–water partition coefficient (Wildman–Crippen LogP) is 6.18. The van der Waals surface area contributed by atoms with E-state index in [4.69, 9.17) is 16.3 Å². The molecule has 6 heteroatoms. The summed E-state index contributed by atoms with van der Waals surface area (Å²) in [6.45, 7) is 9.64. The van der Waals surface area contributed by atoms with Crippen LogP contribution in [0, 0.1) is 17.3 Å². The van der Waals surface area contributed by atoms with E-state index in [1.165, 1.54) is 5.57 Å². The highest BCUT2D eigenvalue weighted by molar-refractivity contribution is 6.30. The van der Waals surface area contributed by atoms with Gasteiger partial charge in [-0.25, -0.2) is 0 Å². The van der Waals surface area contributed by atoms with Gasteiger partial charge in [0.1, 0.15) is 11.6 Å². The first kappa shape index (κ1) is 21.8. The Kier molecular flexibility index (Phi) is 7.36. The fourth-order valence-corrected chi connectivity index (χ4v) is 2.87. The first-order valence-electron chi connectivity index (χ1n) is 8.27. The van der Waals surface area contributed by atoms with Crippen molar-refractivity contribution in [2.45, 2.75) is 53.6 Å². The number of allylic oxidation sites excluding steroid dienone is 5. The minimum absolute atomic E-state index is 0.134. The zero-order valence-corrected chi connectivity index (χ0v) is 16.1. The van der Waals surface area contributed by atoms with Crippen molar-refractivity contribution in [1.29, 1.82) is 0 Å². The average Bonchev–Trinajstić information content (AvgIpc) is 2.98. The van der Waals surface area contributed by atoms with Crippen LogP contribution >= 0.6 is 11.6 Å². The molecule has 142 valence electrons. The third-order valence-corrected chi connectivity index (χ3v) is 4.85. The summed E-state index contributed by atoms with van der Waals surface area (Å²) in [6.07, 6.45) is 2.12. The first-order chi connectivity index (χ1) is 11.4. The Morgan fingerprint density at radius 2 is 1.80 bits per heavy atom. The molecule has 0 aromatic rings. The van der Waals surface area contributed by atoms with E-state index in [0.717, 1.165) is 24.5 Å². The van der Waals surface area contributed by atoms with E-state index >= 15 is 0 Å². The molecule has 1 aliphatic carbocycles. The third kappa shape index (κ3) is 6.53. The second kappa shape index (κ2) is 8.43. The number of alkyl halides is 3. The molecule has 1 aliphatic rings. The minimum atomic E-state index is -4.58. The molecule has 0 aromatic heterocycles. The largest absolute Gasteiger partial charge is 0.461 e. The normalized spacial score (nSPS) is 23.2. The number of ether oxygens (including phenoxy) is 1. The monoisotopic (exact) mass is 378 g/mol. The minimum Gasteiger partial charge on any atom is -0.461 e. The number of rotatable bonds is 7. The number of hydrogen-bond acceptors (Lipinski definition) is 2. The van der Waals surface area contributed by atoms with E-state index < -0.39 is 34.4 Å². The highest BCUT2D eigenvalue weighted by Gasteiger charge is 2.62. The van der Waals surface area contributed by atoms with Gasteiger partial charge in [-0.05, 0) is 51.0 Å². The van der Waals surface area contributed by atoms with Gasteiger partial charge in [-0.2, -0.15) is 13.2 Å². The molecule has 0 spiro atoms. The summed E-state index contributed by atoms with van der Waals surface area (Å²) < 4.78 is 42.8. The summed E-state index contributed by atoms with van der Waals surface area (Å²) in [7, 11) is 0. The van der Waals surface area contributed by atoms with Crippen LogP contribution in [0.25, 0.3) is 0 Å². The Bertz CT molecular complexity index is 582. The third-order valence-electron chi connectivity index (χ3n) is 4.51. The van der Waals surface area contributed by atoms with Crippen LogP contribution in [-0.2, 0) is 9.53 Å². The lowest BCUT2D eigenvalue weighted by Crippen LogP contribution is -2.11. The van der Waals surface area contributed by atoms with Crippen molar-refractivity contribution in [3.8, 4) is 0 Å². The summed E-state index contributed by atoms with van der Waals surface area (Å²) in [5, 5.41) is -1.18. The van der Waals surface area contributed by atoms with E-state index in [-0.39, 0.29) is 6.61 Å². The van der Waals surface area contributed by atoms with Crippen molar-refractivity contribution in [3.05, 3.63) is 34.4 Å². The Morgan fingerprint density at radius 3 is 2.32 bits per heavy atom. The van der Waals surface area contributed by atoms with Gasteiger partial charge in [-0.1, -0.05) is 48.7 Å². The molecule has 1 fully saturated rings. The molecule has 0 unspecified atom stereocenters. The quantitative estimate of drug-likeness (QED) is 0.390. The maximum Gasteiger partial charge on any atom is 0.426 e. The van der Waals surface area contributed by atoms with Crippen LogP contribution < -0.4 is 0 Å². The highest BCUT2D eigenvalue weighted by Crippen LogP contribution is 2.60. The molecule has 0 amide bonds. The summed E-state index contributed by atoms with van der Waals surface area (Å²) >= 11 is 5.28. The average molecular weight is 379 g/mol. The van der Waals surface area contributed by atoms with Gasteiger partial charge in [-0.15, -0.1) is 0 Å². The van der Waals surface area contributed by atoms with Crippen molar-refractivity contribution in [2.75, 3.05) is 6.61 Å². The van der Waals surface area contributed by atoms with Crippen LogP contribution in [0.4, 0.5) is 13.2 Å². The number of hydrogen-bond donors (Lipinski definition) is 0. The summed E-state index contributed by atoms with van der Waals surface area (Å²) in [5.74, 6) is -1.63. The highest BCUT2D eigenvalue weighted by atomic mass is 35.5. The van der Waals surface area contributed by atoms with Gasteiger partial charge >= 0.3 is 12.1 Å². The standard InChI is InChI=1S/C19H26ClF3O2/c1-12(2)7-6-8-13(3)9-10-25-17(24)16-14(18(16,4)5)11-15(20)19(21,22)23/h7,9,11,14,16H,6,8,10H2,1-5H3/b13-9+,15-11-/t14-,16-/m1/s1. The SMILES string of the molecule is CC(C)=CCC/C(C)=C/COC(=O)[C@H]1[C@@H](/C=C(\Cl)C(F)(F)F)C1(C)C. The molecule has 0 heterocycles. The molecule has 1 saturated carbocycles. The summed E-state index contributed by atoms with van der Waals surface area (Å²) in [6, 6.07) is 0. The van der Waals surface area contributed by atoms with E-state index in [2.05, 4.69) is 6.08 Å². The lowest BCUT2D eigenvalue weighted by molar-refractivity contribution is -0.145. The number of carbonyl (C=O) groups excluding carboxylic acids is 1. The Hall–Kier alpha value is -1.23. The molecule has 25 heavy (non-hydrogen) atoms. The van der Waals surface area contributed by atoms with E-state index in [0.29, 0.717) is 0 Å². The van der Waals surface area contributed by atoms with Crippen molar-refractivity contribution < 1.29 is 22.7 Å². The van der Waals surface area contributed by atoms with Gasteiger partial charge in [-0.3, -0.25) is 4.79 Å². The first-order valence-corrected chi connectivity index (χ1v) is 8.65. The molecule has 1 rings (SSSR count). The van der Waals surface area contributed by atoms with Crippen LogP contribution in [0.15, 0.2) is 34.4 Å². The van der Waals surface area contributed by atoms with Gasteiger partial charge < -0.3 is 4.74 Å². The number of esters is 1. The molecule has 0 N–H and O–H groups in total. The van der Waals surface area contributed by atoms with Gasteiger partial charge in [0.05, 0.1) is 5.92 Å². The Labute approximate surface area is 152 Å². The molecular formula is C19H26ClF3O2. The molecular weight excluding hydrogens is 353 g/mol. The lowest BCUT2D eigenvalue weighted by Gasteiger charge is -2.04. The molecule has 2 atom stereocenters. The molecule has 2 nitrogen and oxygen atoms in total. The Morgan fingerprint density at radius 1 is 1.20 bits per heavy atom. The lowest BCUT2D eigenvalue weighted by atomic mass is 10.1. The Balaban J connectivity index is 2.54. The van der Waals surface area contributed by atoms with Crippen LogP contribution in [0.5, 0.6) is 0 Å². The van der Waals surface area contributed by atoms with Crippen molar-refractivity contribution in [1.82, 2.24) is 0 Å². The predicted molar refractivity (Wildman–Crippen MR) is 94.1 cm³/mol. The number of carbonyl (C=O) groups is 1. The second-order valence-electron chi connectivity index (χ2n) is 7.34. The molecule has 0 aromatic carbocycles. The maximum atomic E-state index is 12.5. The van der Waals surface area contributed by atoms with Crippen molar-refractivity contribution in [3.63, 3.8) is 0 Å². The summed E-state index contributed by atoms with van der Waals surface area (Å²) in [5.41, 5.74) is 1.79. The van der Waals surface area contributed by atoms with Crippen LogP contribution in [0.3, 0.4) is 0 Å². The molecule has 0 aliphatic heterocycles. The number of halogens is 4. The molecule has 0 radical (unpaired) electrons. The van der Waals surface area contributed by atoms with E-state index in [1.807, 2.05) is 26.8 Å². The van der Waals surface area contributed by atoms with Gasteiger partial charge in [0.25, 0.3) is 0 Å².